The maximum Gasteiger partial charge on any atom is 0.416 e. The smallest absolute Gasteiger partial charge is 0.416 e. The summed E-state index contributed by atoms with van der Waals surface area (Å²) in [6.07, 6.45) is -3.00. The van der Waals surface area contributed by atoms with Crippen molar-refractivity contribution >= 4 is 29.5 Å². The molecule has 1 amide bonds. The second kappa shape index (κ2) is 10.3. The summed E-state index contributed by atoms with van der Waals surface area (Å²) in [5.74, 6) is -0.555. The number of carbonyl (C=O) groups excluding carboxylic acids is 2. The Kier molecular flexibility index (Phi) is 7.05. The first-order chi connectivity index (χ1) is 17.2. The number of carbonyl (C=O) groups is 2. The zero-order valence-electron chi connectivity index (χ0n) is 18.8. The van der Waals surface area contributed by atoms with E-state index in [1.54, 1.807) is 36.4 Å². The molecule has 0 atom stereocenters. The number of methoxy groups -OCH3 is 1. The molecule has 184 valence electrons. The van der Waals surface area contributed by atoms with Gasteiger partial charge in [-0.2, -0.15) is 13.2 Å². The first-order valence-electron chi connectivity index (χ1n) is 10.6. The van der Waals surface area contributed by atoms with Crippen LogP contribution in [0.5, 0.6) is 11.5 Å². The molecule has 1 N–H and O–H groups in total. The molecule has 0 bridgehead atoms. The minimum atomic E-state index is -4.52. The second-order valence-electron chi connectivity index (χ2n) is 7.53. The van der Waals surface area contributed by atoms with Crippen LogP contribution in [0.15, 0.2) is 83.5 Å². The third-order valence-corrected chi connectivity index (χ3v) is 4.96. The van der Waals surface area contributed by atoms with Crippen LogP contribution >= 0.6 is 0 Å². The monoisotopic (exact) mass is 496 g/mol. The number of amides is 1. The van der Waals surface area contributed by atoms with E-state index in [2.05, 4.69) is 10.3 Å². The van der Waals surface area contributed by atoms with Gasteiger partial charge in [-0.1, -0.05) is 30.3 Å². The van der Waals surface area contributed by atoms with E-state index >= 15 is 0 Å². The first-order valence-corrected chi connectivity index (χ1v) is 10.6. The summed E-state index contributed by atoms with van der Waals surface area (Å²) in [5, 5.41) is 2.36. The number of nitrogens with one attached hydrogen (secondary N) is 1. The Morgan fingerprint density at radius 3 is 2.53 bits per heavy atom. The number of hydrogen-bond donors (Lipinski definition) is 1. The van der Waals surface area contributed by atoms with Crippen molar-refractivity contribution in [1.29, 1.82) is 0 Å². The van der Waals surface area contributed by atoms with Crippen molar-refractivity contribution in [3.63, 3.8) is 0 Å². The third-order valence-electron chi connectivity index (χ3n) is 4.96. The van der Waals surface area contributed by atoms with Crippen molar-refractivity contribution in [3.8, 4) is 11.5 Å². The minimum absolute atomic E-state index is 0.00811. The zero-order chi connectivity index (χ0) is 25.7. The Morgan fingerprint density at radius 1 is 1.03 bits per heavy atom. The summed E-state index contributed by atoms with van der Waals surface area (Å²) in [7, 11) is 1.40. The average Bonchev–Trinajstić information content (AvgIpc) is 3.23. The van der Waals surface area contributed by atoms with Gasteiger partial charge in [-0.05, 0) is 54.1 Å². The Bertz CT molecular complexity index is 1350. The van der Waals surface area contributed by atoms with Gasteiger partial charge in [-0.3, -0.25) is 4.79 Å². The van der Waals surface area contributed by atoms with Crippen molar-refractivity contribution in [2.75, 3.05) is 19.0 Å². The summed E-state index contributed by atoms with van der Waals surface area (Å²) in [4.78, 5) is 28.7. The lowest BCUT2D eigenvalue weighted by Gasteiger charge is -2.12. The lowest BCUT2D eigenvalue weighted by molar-refractivity contribution is -0.137. The lowest BCUT2D eigenvalue weighted by atomic mass is 10.1. The topological polar surface area (TPSA) is 86.2 Å². The van der Waals surface area contributed by atoms with E-state index in [0.29, 0.717) is 11.1 Å². The van der Waals surface area contributed by atoms with Crippen molar-refractivity contribution < 1.29 is 37.0 Å². The molecule has 0 aromatic heterocycles. The molecule has 1 heterocycles. The molecule has 0 fully saturated rings. The molecule has 7 nitrogen and oxygen atoms in total. The summed E-state index contributed by atoms with van der Waals surface area (Å²) >= 11 is 0. The van der Waals surface area contributed by atoms with Gasteiger partial charge in [0.15, 0.2) is 23.8 Å². The highest BCUT2D eigenvalue weighted by atomic mass is 19.4. The lowest BCUT2D eigenvalue weighted by Crippen LogP contribution is -2.20. The number of halogens is 3. The Balaban J connectivity index is 1.43. The molecule has 0 saturated carbocycles. The third kappa shape index (κ3) is 5.90. The Hall–Kier alpha value is -4.60. The molecule has 0 spiro atoms. The first kappa shape index (κ1) is 24.5. The van der Waals surface area contributed by atoms with Crippen LogP contribution < -0.4 is 14.8 Å². The zero-order valence-corrected chi connectivity index (χ0v) is 18.8. The highest BCUT2D eigenvalue weighted by molar-refractivity contribution is 6.12. The average molecular weight is 496 g/mol. The van der Waals surface area contributed by atoms with Crippen LogP contribution in [0.2, 0.25) is 0 Å². The number of cyclic esters (lactones) is 1. The van der Waals surface area contributed by atoms with E-state index in [9.17, 15) is 22.8 Å². The number of hydrogen-bond acceptors (Lipinski definition) is 6. The van der Waals surface area contributed by atoms with Gasteiger partial charge >= 0.3 is 12.1 Å². The van der Waals surface area contributed by atoms with Gasteiger partial charge in [-0.15, -0.1) is 0 Å². The predicted octanol–water partition coefficient (Wildman–Crippen LogP) is 5.08. The van der Waals surface area contributed by atoms with Crippen LogP contribution in [0.3, 0.4) is 0 Å². The van der Waals surface area contributed by atoms with E-state index in [0.717, 1.165) is 12.1 Å². The standard InChI is InChI=1S/C26H19F3N2O5/c1-34-22-13-16(12-20-25(33)36-24(31-20)17-6-3-2-4-7-17)10-11-21(22)35-15-23(32)30-19-9-5-8-18(14-19)26(27,28)29/h2-14H,15H2,1H3,(H,30,32)/b20-12+. The normalized spacial score (nSPS) is 14.3. The van der Waals surface area contributed by atoms with E-state index < -0.39 is 30.2 Å². The SMILES string of the molecule is COc1cc(/C=C2/N=C(c3ccccc3)OC2=O)ccc1OCC(=O)Nc1cccc(C(F)(F)F)c1. The Morgan fingerprint density at radius 2 is 1.81 bits per heavy atom. The molecule has 0 aliphatic carbocycles. The van der Waals surface area contributed by atoms with Crippen molar-refractivity contribution in [3.05, 3.63) is 95.2 Å². The van der Waals surface area contributed by atoms with Crippen molar-refractivity contribution in [2.24, 2.45) is 4.99 Å². The number of rotatable bonds is 7. The Labute approximate surface area is 203 Å². The molecule has 0 radical (unpaired) electrons. The van der Waals surface area contributed by atoms with E-state index in [4.69, 9.17) is 14.2 Å². The molecule has 1 aliphatic heterocycles. The van der Waals surface area contributed by atoms with Gasteiger partial charge in [0.1, 0.15) is 0 Å². The van der Waals surface area contributed by atoms with Gasteiger partial charge in [0.05, 0.1) is 12.7 Å². The summed E-state index contributed by atoms with van der Waals surface area (Å²) < 4.78 is 54.6. The maximum absolute atomic E-state index is 12.8. The van der Waals surface area contributed by atoms with Crippen LogP contribution in [0, 0.1) is 0 Å². The molecule has 36 heavy (non-hydrogen) atoms. The number of esters is 1. The van der Waals surface area contributed by atoms with Crippen LogP contribution in [-0.2, 0) is 20.5 Å². The van der Waals surface area contributed by atoms with Crippen LogP contribution in [0.4, 0.5) is 18.9 Å². The fourth-order valence-corrected chi connectivity index (χ4v) is 3.28. The number of anilines is 1. The van der Waals surface area contributed by atoms with Gasteiger partial charge in [0, 0.05) is 11.3 Å². The summed E-state index contributed by atoms with van der Waals surface area (Å²) in [5.41, 5.74) is 0.451. The largest absolute Gasteiger partial charge is 0.493 e. The van der Waals surface area contributed by atoms with Crippen LogP contribution in [-0.4, -0.2) is 31.5 Å². The molecule has 3 aromatic carbocycles. The molecule has 3 aromatic rings. The fourth-order valence-electron chi connectivity index (χ4n) is 3.28. The number of ether oxygens (including phenoxy) is 3. The van der Waals surface area contributed by atoms with E-state index in [1.807, 2.05) is 6.07 Å². The highest BCUT2D eigenvalue weighted by Crippen LogP contribution is 2.31. The van der Waals surface area contributed by atoms with Crippen LogP contribution in [0.25, 0.3) is 6.08 Å². The maximum atomic E-state index is 12.8. The quantitative estimate of drug-likeness (QED) is 0.364. The van der Waals surface area contributed by atoms with Gasteiger partial charge in [-0.25, -0.2) is 9.79 Å². The summed E-state index contributed by atoms with van der Waals surface area (Å²) in [6, 6.07) is 18.0. The molecular formula is C26H19F3N2O5. The highest BCUT2D eigenvalue weighted by Gasteiger charge is 2.30. The number of nitrogens with zero attached hydrogens (tertiary/aromatic N) is 1. The van der Waals surface area contributed by atoms with Crippen molar-refractivity contribution in [2.45, 2.75) is 6.18 Å². The molecule has 10 heteroatoms. The van der Waals surface area contributed by atoms with Crippen LogP contribution in [0.1, 0.15) is 16.7 Å². The van der Waals surface area contributed by atoms with E-state index in [-0.39, 0.29) is 28.8 Å². The second-order valence-corrected chi connectivity index (χ2v) is 7.53. The van der Waals surface area contributed by atoms with Gasteiger partial charge in [0.25, 0.3) is 5.91 Å². The van der Waals surface area contributed by atoms with E-state index in [1.165, 1.54) is 31.4 Å². The molecular weight excluding hydrogens is 477 g/mol. The molecule has 0 unspecified atom stereocenters. The fraction of sp³-hybridized carbons (Fsp3) is 0.115. The predicted molar refractivity (Wildman–Crippen MR) is 126 cm³/mol. The van der Waals surface area contributed by atoms with Crippen molar-refractivity contribution in [1.82, 2.24) is 0 Å². The molecule has 4 rings (SSSR count). The number of benzene rings is 3. The minimum Gasteiger partial charge on any atom is -0.493 e. The summed E-state index contributed by atoms with van der Waals surface area (Å²) in [6.45, 7) is -0.468. The molecule has 1 aliphatic rings. The molecule has 0 saturated heterocycles. The number of alkyl halides is 3. The van der Waals surface area contributed by atoms with Gasteiger partial charge in [0.2, 0.25) is 5.90 Å². The van der Waals surface area contributed by atoms with Gasteiger partial charge < -0.3 is 19.5 Å². The number of aliphatic imine (C=N–C) groups is 1.